The second kappa shape index (κ2) is 5.37. The minimum Gasteiger partial charge on any atom is -0.329 e. The number of hydrogen-bond donors (Lipinski definition) is 1. The Morgan fingerprint density at radius 3 is 2.73 bits per heavy atom. The van der Waals surface area contributed by atoms with Crippen LogP contribution < -0.4 is 5.73 Å². The molecule has 5 nitrogen and oxygen atoms in total. The van der Waals surface area contributed by atoms with Crippen LogP contribution in [0.5, 0.6) is 0 Å². The highest BCUT2D eigenvalue weighted by Crippen LogP contribution is 2.09. The molecule has 86 valence electrons. The predicted molar refractivity (Wildman–Crippen MR) is 60.8 cm³/mol. The molecule has 0 saturated carbocycles. The quantitative estimate of drug-likeness (QED) is 0.797. The van der Waals surface area contributed by atoms with Crippen molar-refractivity contribution in [1.82, 2.24) is 14.8 Å². The van der Waals surface area contributed by atoms with Crippen molar-refractivity contribution in [3.8, 4) is 0 Å². The van der Waals surface area contributed by atoms with Crippen LogP contribution in [0.4, 0.5) is 0 Å². The lowest BCUT2D eigenvalue weighted by Crippen LogP contribution is -2.24. The van der Waals surface area contributed by atoms with Gasteiger partial charge in [-0.05, 0) is 20.8 Å². The molecule has 15 heavy (non-hydrogen) atoms. The van der Waals surface area contributed by atoms with Gasteiger partial charge in [0.1, 0.15) is 12.2 Å². The first-order chi connectivity index (χ1) is 7.06. The molecule has 0 aliphatic carbocycles. The summed E-state index contributed by atoms with van der Waals surface area (Å²) in [7, 11) is -0.969. The van der Waals surface area contributed by atoms with E-state index < -0.39 is 10.8 Å². The zero-order valence-corrected chi connectivity index (χ0v) is 10.2. The molecule has 0 aliphatic rings. The molecule has 0 bridgehead atoms. The molecule has 2 unspecified atom stereocenters. The molecule has 0 fully saturated rings. The SMILES string of the molecule is CC(C)n1ncnc1CS(=O)C(C)CN. The number of aromatic nitrogens is 3. The summed E-state index contributed by atoms with van der Waals surface area (Å²) in [5, 5.41) is 4.10. The van der Waals surface area contributed by atoms with E-state index in [1.807, 2.05) is 20.8 Å². The zero-order chi connectivity index (χ0) is 11.4. The summed E-state index contributed by atoms with van der Waals surface area (Å²) in [6.07, 6.45) is 1.50. The second-order valence-corrected chi connectivity index (χ2v) is 5.64. The lowest BCUT2D eigenvalue weighted by Gasteiger charge is -2.11. The molecular weight excluding hydrogens is 212 g/mol. The highest BCUT2D eigenvalue weighted by atomic mass is 32.2. The first-order valence-corrected chi connectivity index (χ1v) is 6.40. The molecule has 1 rings (SSSR count). The minimum atomic E-state index is -0.969. The van der Waals surface area contributed by atoms with Gasteiger partial charge in [-0.25, -0.2) is 9.67 Å². The van der Waals surface area contributed by atoms with Gasteiger partial charge in [0.05, 0.1) is 5.75 Å². The maximum Gasteiger partial charge on any atom is 0.139 e. The predicted octanol–water partition coefficient (Wildman–Crippen LogP) is 0.455. The van der Waals surface area contributed by atoms with Gasteiger partial charge in [0.25, 0.3) is 0 Å². The molecule has 2 atom stereocenters. The Hall–Kier alpha value is -0.750. The van der Waals surface area contributed by atoms with Crippen molar-refractivity contribution in [2.75, 3.05) is 6.54 Å². The standard InChI is InChI=1S/C9H18N4OS/c1-7(2)13-9(11-6-12-13)5-15(14)8(3)4-10/h6-8H,4-5,10H2,1-3H3. The maximum absolute atomic E-state index is 11.8. The van der Waals surface area contributed by atoms with Crippen LogP contribution in [0.15, 0.2) is 6.33 Å². The van der Waals surface area contributed by atoms with E-state index in [0.29, 0.717) is 12.3 Å². The van der Waals surface area contributed by atoms with Gasteiger partial charge in [-0.1, -0.05) is 0 Å². The summed E-state index contributed by atoms with van der Waals surface area (Å²) in [6, 6.07) is 0.243. The average Bonchev–Trinajstić information content (AvgIpc) is 2.64. The van der Waals surface area contributed by atoms with Crippen LogP contribution in [0.25, 0.3) is 0 Å². The van der Waals surface area contributed by atoms with Gasteiger partial charge in [-0.15, -0.1) is 0 Å². The Kier molecular flexibility index (Phi) is 4.41. The van der Waals surface area contributed by atoms with Crippen LogP contribution in [0.3, 0.4) is 0 Å². The van der Waals surface area contributed by atoms with Gasteiger partial charge in [0.15, 0.2) is 0 Å². The summed E-state index contributed by atoms with van der Waals surface area (Å²) in [5.74, 6) is 1.19. The molecule has 1 aromatic rings. The fourth-order valence-corrected chi connectivity index (χ4v) is 2.15. The Balaban J connectivity index is 2.72. The number of rotatable bonds is 5. The molecule has 6 heteroatoms. The lowest BCUT2D eigenvalue weighted by molar-refractivity contribution is 0.513. The van der Waals surface area contributed by atoms with E-state index in [1.54, 1.807) is 4.68 Å². The van der Waals surface area contributed by atoms with Crippen molar-refractivity contribution in [2.24, 2.45) is 5.73 Å². The summed E-state index contributed by atoms with van der Waals surface area (Å²) in [5.41, 5.74) is 5.46. The van der Waals surface area contributed by atoms with Crippen LogP contribution in [-0.2, 0) is 16.6 Å². The van der Waals surface area contributed by atoms with Crippen molar-refractivity contribution < 1.29 is 4.21 Å². The van der Waals surface area contributed by atoms with Gasteiger partial charge < -0.3 is 5.73 Å². The molecule has 2 N–H and O–H groups in total. The van der Waals surface area contributed by atoms with Gasteiger partial charge in [0.2, 0.25) is 0 Å². The minimum absolute atomic E-state index is 0.00214. The third-order valence-corrected chi connectivity index (χ3v) is 3.82. The van der Waals surface area contributed by atoms with Crippen LogP contribution in [0, 0.1) is 0 Å². The molecule has 1 aromatic heterocycles. The zero-order valence-electron chi connectivity index (χ0n) is 9.38. The Morgan fingerprint density at radius 2 is 2.20 bits per heavy atom. The molecule has 0 spiro atoms. The van der Waals surface area contributed by atoms with Gasteiger partial charge in [-0.2, -0.15) is 5.10 Å². The largest absolute Gasteiger partial charge is 0.329 e. The van der Waals surface area contributed by atoms with E-state index in [2.05, 4.69) is 10.1 Å². The van der Waals surface area contributed by atoms with E-state index in [-0.39, 0.29) is 11.3 Å². The summed E-state index contributed by atoms with van der Waals surface area (Å²) in [6.45, 7) is 6.36. The third-order valence-electron chi connectivity index (χ3n) is 2.19. The lowest BCUT2D eigenvalue weighted by atomic mass is 10.4. The number of nitrogens with two attached hydrogens (primary N) is 1. The van der Waals surface area contributed by atoms with Gasteiger partial charge >= 0.3 is 0 Å². The van der Waals surface area contributed by atoms with E-state index in [4.69, 9.17) is 5.73 Å². The molecule has 0 aromatic carbocycles. The van der Waals surface area contributed by atoms with Crippen molar-refractivity contribution >= 4 is 10.8 Å². The molecule has 0 radical (unpaired) electrons. The van der Waals surface area contributed by atoms with Crippen LogP contribution in [0.1, 0.15) is 32.6 Å². The number of hydrogen-bond acceptors (Lipinski definition) is 4. The highest BCUT2D eigenvalue weighted by Gasteiger charge is 2.14. The van der Waals surface area contributed by atoms with Crippen molar-refractivity contribution in [3.63, 3.8) is 0 Å². The van der Waals surface area contributed by atoms with Crippen LogP contribution >= 0.6 is 0 Å². The van der Waals surface area contributed by atoms with Crippen molar-refractivity contribution in [1.29, 1.82) is 0 Å². The molecule has 0 amide bonds. The Bertz CT molecular complexity index is 337. The molecular formula is C9H18N4OS. The summed E-state index contributed by atoms with van der Waals surface area (Å²) >= 11 is 0. The summed E-state index contributed by atoms with van der Waals surface area (Å²) in [4.78, 5) is 4.11. The molecule has 0 saturated heterocycles. The van der Waals surface area contributed by atoms with Crippen LogP contribution in [0.2, 0.25) is 0 Å². The van der Waals surface area contributed by atoms with E-state index >= 15 is 0 Å². The number of nitrogens with zero attached hydrogens (tertiary/aromatic N) is 3. The van der Waals surface area contributed by atoms with Crippen LogP contribution in [-0.4, -0.2) is 30.8 Å². The maximum atomic E-state index is 11.8. The monoisotopic (exact) mass is 230 g/mol. The van der Waals surface area contributed by atoms with Crippen molar-refractivity contribution in [3.05, 3.63) is 12.2 Å². The van der Waals surface area contributed by atoms with E-state index in [0.717, 1.165) is 5.82 Å². The van der Waals surface area contributed by atoms with E-state index in [1.165, 1.54) is 6.33 Å². The van der Waals surface area contributed by atoms with E-state index in [9.17, 15) is 4.21 Å². The molecule has 1 heterocycles. The second-order valence-electron chi connectivity index (χ2n) is 3.79. The Labute approximate surface area is 92.5 Å². The topological polar surface area (TPSA) is 73.8 Å². The smallest absolute Gasteiger partial charge is 0.139 e. The third kappa shape index (κ3) is 3.10. The van der Waals surface area contributed by atoms with Crippen molar-refractivity contribution in [2.45, 2.75) is 37.8 Å². The first-order valence-electron chi connectivity index (χ1n) is 5.01. The van der Waals surface area contributed by atoms with Gasteiger partial charge in [-0.3, -0.25) is 4.21 Å². The molecule has 0 aliphatic heterocycles. The fraction of sp³-hybridized carbons (Fsp3) is 0.778. The Morgan fingerprint density at radius 1 is 1.53 bits per heavy atom. The first kappa shape index (κ1) is 12.3. The average molecular weight is 230 g/mol. The summed E-state index contributed by atoms with van der Waals surface area (Å²) < 4.78 is 13.6. The normalized spacial score (nSPS) is 15.5. The highest BCUT2D eigenvalue weighted by molar-refractivity contribution is 7.84. The fourth-order valence-electron chi connectivity index (χ4n) is 1.19. The van der Waals surface area contributed by atoms with Gasteiger partial charge in [0, 0.05) is 28.6 Å².